The number of nitrogens with zero attached hydrogens (tertiary/aromatic N) is 1. The second-order valence-electron chi connectivity index (χ2n) is 5.28. The third-order valence-electron chi connectivity index (χ3n) is 4.14. The summed E-state index contributed by atoms with van der Waals surface area (Å²) < 4.78 is 0. The van der Waals surface area contributed by atoms with Gasteiger partial charge in [-0.05, 0) is 25.2 Å². The monoisotopic (exact) mass is 197 g/mol. The molecule has 3 nitrogen and oxygen atoms in total. The van der Waals surface area contributed by atoms with Crippen molar-refractivity contribution in [3.05, 3.63) is 0 Å². The number of carboxylic acids is 1. The normalized spacial score (nSPS) is 38.4. The summed E-state index contributed by atoms with van der Waals surface area (Å²) >= 11 is 0. The van der Waals surface area contributed by atoms with Gasteiger partial charge >= 0.3 is 5.97 Å². The first-order valence-electron chi connectivity index (χ1n) is 5.45. The molecule has 0 spiro atoms. The molecule has 80 valence electrons. The largest absolute Gasteiger partial charge is 0.481 e. The Morgan fingerprint density at radius 1 is 1.50 bits per heavy atom. The van der Waals surface area contributed by atoms with Gasteiger partial charge in [-0.25, -0.2) is 0 Å². The summed E-state index contributed by atoms with van der Waals surface area (Å²) in [7, 11) is 0. The second kappa shape index (κ2) is 2.96. The zero-order valence-electron chi connectivity index (χ0n) is 9.16. The lowest BCUT2D eigenvalue weighted by Gasteiger charge is -2.29. The highest BCUT2D eigenvalue weighted by Gasteiger charge is 2.65. The molecule has 0 radical (unpaired) electrons. The molecule has 0 aromatic rings. The van der Waals surface area contributed by atoms with E-state index in [2.05, 4.69) is 25.7 Å². The average Bonchev–Trinajstić information content (AvgIpc) is 2.69. The van der Waals surface area contributed by atoms with Crippen LogP contribution in [-0.4, -0.2) is 35.1 Å². The van der Waals surface area contributed by atoms with Crippen LogP contribution in [0.4, 0.5) is 0 Å². The molecular weight excluding hydrogens is 178 g/mol. The molecule has 1 saturated heterocycles. The fraction of sp³-hybridized carbons (Fsp3) is 0.909. The average molecular weight is 197 g/mol. The molecular formula is C11H19NO2. The van der Waals surface area contributed by atoms with Crippen molar-refractivity contribution in [2.24, 2.45) is 17.3 Å². The number of carboxylic acid groups (broad SMARTS) is 1. The van der Waals surface area contributed by atoms with Crippen molar-refractivity contribution in [3.63, 3.8) is 0 Å². The zero-order chi connectivity index (χ0) is 10.5. The van der Waals surface area contributed by atoms with E-state index in [4.69, 9.17) is 5.11 Å². The van der Waals surface area contributed by atoms with Crippen LogP contribution in [0.5, 0.6) is 0 Å². The molecule has 0 bridgehead atoms. The van der Waals surface area contributed by atoms with Crippen molar-refractivity contribution in [2.45, 2.75) is 33.2 Å². The van der Waals surface area contributed by atoms with Gasteiger partial charge in [-0.3, -0.25) is 9.69 Å². The number of fused-ring (bicyclic) bond motifs is 1. The van der Waals surface area contributed by atoms with Gasteiger partial charge in [-0.1, -0.05) is 13.8 Å². The molecule has 0 aromatic carbocycles. The highest BCUT2D eigenvalue weighted by atomic mass is 16.4. The highest BCUT2D eigenvalue weighted by molar-refractivity contribution is 5.79. The minimum absolute atomic E-state index is 0.358. The van der Waals surface area contributed by atoms with E-state index in [0.29, 0.717) is 17.9 Å². The van der Waals surface area contributed by atoms with Crippen molar-refractivity contribution >= 4 is 5.97 Å². The van der Waals surface area contributed by atoms with Gasteiger partial charge in [0.05, 0.1) is 5.41 Å². The predicted molar refractivity (Wildman–Crippen MR) is 54.0 cm³/mol. The molecule has 1 saturated carbocycles. The van der Waals surface area contributed by atoms with E-state index in [0.717, 1.165) is 19.5 Å². The zero-order valence-corrected chi connectivity index (χ0v) is 9.16. The molecule has 1 aliphatic carbocycles. The maximum absolute atomic E-state index is 11.1. The van der Waals surface area contributed by atoms with Gasteiger partial charge in [0.2, 0.25) is 0 Å². The molecule has 3 heteroatoms. The maximum Gasteiger partial charge on any atom is 0.311 e. The van der Waals surface area contributed by atoms with Crippen LogP contribution in [0.25, 0.3) is 0 Å². The lowest BCUT2D eigenvalue weighted by molar-refractivity contribution is -0.143. The lowest BCUT2D eigenvalue weighted by Crippen LogP contribution is -2.38. The van der Waals surface area contributed by atoms with Crippen LogP contribution in [0.1, 0.15) is 27.2 Å². The van der Waals surface area contributed by atoms with E-state index in [9.17, 15) is 4.79 Å². The van der Waals surface area contributed by atoms with Gasteiger partial charge in [0.25, 0.3) is 0 Å². The molecule has 0 aromatic heterocycles. The molecule has 1 aliphatic heterocycles. The first-order chi connectivity index (χ1) is 6.47. The summed E-state index contributed by atoms with van der Waals surface area (Å²) in [5.41, 5.74) is -0.358. The van der Waals surface area contributed by atoms with Gasteiger partial charge in [-0.15, -0.1) is 0 Å². The van der Waals surface area contributed by atoms with Crippen LogP contribution in [0, 0.1) is 17.3 Å². The molecule has 3 unspecified atom stereocenters. The number of rotatable bonds is 3. The van der Waals surface area contributed by atoms with Gasteiger partial charge in [-0.2, -0.15) is 0 Å². The quantitative estimate of drug-likeness (QED) is 0.744. The van der Waals surface area contributed by atoms with Crippen molar-refractivity contribution in [3.8, 4) is 0 Å². The van der Waals surface area contributed by atoms with Crippen LogP contribution < -0.4 is 0 Å². The van der Waals surface area contributed by atoms with E-state index in [1.807, 2.05) is 0 Å². The Morgan fingerprint density at radius 3 is 2.57 bits per heavy atom. The standard InChI is InChI=1S/C11H19NO2/c1-7(2)8(3)12-5-9-4-11(9,6-12)10(13)14/h7-9H,4-6H2,1-3H3,(H,13,14). The van der Waals surface area contributed by atoms with Gasteiger partial charge in [0.1, 0.15) is 0 Å². The number of hydrogen-bond donors (Lipinski definition) is 1. The van der Waals surface area contributed by atoms with Gasteiger partial charge < -0.3 is 5.11 Å². The molecule has 2 aliphatic rings. The Balaban J connectivity index is 2.00. The van der Waals surface area contributed by atoms with E-state index in [1.165, 1.54) is 0 Å². The lowest BCUT2D eigenvalue weighted by atomic mass is 10.0. The number of hydrogen-bond acceptors (Lipinski definition) is 2. The topological polar surface area (TPSA) is 40.5 Å². The smallest absolute Gasteiger partial charge is 0.311 e. The van der Waals surface area contributed by atoms with Gasteiger partial charge in [0, 0.05) is 19.1 Å². The van der Waals surface area contributed by atoms with Gasteiger partial charge in [0.15, 0.2) is 0 Å². The van der Waals surface area contributed by atoms with Crippen molar-refractivity contribution in [1.29, 1.82) is 0 Å². The van der Waals surface area contributed by atoms with E-state index in [-0.39, 0.29) is 5.41 Å². The Labute approximate surface area is 85.1 Å². The summed E-state index contributed by atoms with van der Waals surface area (Å²) in [4.78, 5) is 13.4. The fourth-order valence-electron chi connectivity index (χ4n) is 2.59. The Bertz CT molecular complexity index is 264. The molecule has 1 N–H and O–H groups in total. The SMILES string of the molecule is CC(C)C(C)N1CC2CC2(C(=O)O)C1. The first-order valence-corrected chi connectivity index (χ1v) is 5.45. The Hall–Kier alpha value is -0.570. The minimum atomic E-state index is -0.582. The van der Waals surface area contributed by atoms with Crippen LogP contribution >= 0.6 is 0 Å². The van der Waals surface area contributed by atoms with E-state index in [1.54, 1.807) is 0 Å². The Morgan fingerprint density at radius 2 is 2.14 bits per heavy atom. The Kier molecular flexibility index (Phi) is 2.11. The van der Waals surface area contributed by atoms with Crippen LogP contribution in [0.2, 0.25) is 0 Å². The number of likely N-dealkylation sites (tertiary alicyclic amines) is 1. The third-order valence-corrected chi connectivity index (χ3v) is 4.14. The first kappa shape index (κ1) is 9.97. The van der Waals surface area contributed by atoms with Crippen LogP contribution in [0.3, 0.4) is 0 Å². The summed E-state index contributed by atoms with van der Waals surface area (Å²) in [6.45, 7) is 8.35. The minimum Gasteiger partial charge on any atom is -0.481 e. The molecule has 0 amide bonds. The number of piperidine rings is 1. The van der Waals surface area contributed by atoms with Crippen LogP contribution in [-0.2, 0) is 4.79 Å². The predicted octanol–water partition coefficient (Wildman–Crippen LogP) is 1.44. The summed E-state index contributed by atoms with van der Waals surface area (Å²) in [5.74, 6) is 0.459. The maximum atomic E-state index is 11.1. The second-order valence-corrected chi connectivity index (χ2v) is 5.28. The third kappa shape index (κ3) is 1.26. The fourth-order valence-corrected chi connectivity index (χ4v) is 2.59. The molecule has 2 fully saturated rings. The molecule has 14 heavy (non-hydrogen) atoms. The molecule has 1 heterocycles. The number of aliphatic carboxylic acids is 1. The van der Waals surface area contributed by atoms with Crippen LogP contribution in [0.15, 0.2) is 0 Å². The molecule has 2 rings (SSSR count). The summed E-state index contributed by atoms with van der Waals surface area (Å²) in [6.07, 6.45) is 0.906. The van der Waals surface area contributed by atoms with E-state index >= 15 is 0 Å². The van der Waals surface area contributed by atoms with Crippen molar-refractivity contribution in [1.82, 2.24) is 4.90 Å². The summed E-state index contributed by atoms with van der Waals surface area (Å²) in [6, 6.07) is 0.513. The highest BCUT2D eigenvalue weighted by Crippen LogP contribution is 2.58. The number of carbonyl (C=O) groups is 1. The summed E-state index contributed by atoms with van der Waals surface area (Å²) in [5, 5.41) is 9.13. The van der Waals surface area contributed by atoms with Crippen molar-refractivity contribution < 1.29 is 9.90 Å². The van der Waals surface area contributed by atoms with Crippen molar-refractivity contribution in [2.75, 3.05) is 13.1 Å². The van der Waals surface area contributed by atoms with E-state index < -0.39 is 5.97 Å². The molecule has 3 atom stereocenters.